The topological polar surface area (TPSA) is 88.1 Å². The van der Waals surface area contributed by atoms with E-state index >= 15 is 0 Å². The molecule has 1 aromatic carbocycles. The summed E-state index contributed by atoms with van der Waals surface area (Å²) in [5.41, 5.74) is 2.47. The zero-order valence-electron chi connectivity index (χ0n) is 18.2. The highest BCUT2D eigenvalue weighted by Crippen LogP contribution is 2.26. The number of rotatable bonds is 8. The maximum Gasteiger partial charge on any atom is 0.276 e. The average Bonchev–Trinajstić information content (AvgIpc) is 3.29. The van der Waals surface area contributed by atoms with Gasteiger partial charge in [-0.25, -0.2) is 0 Å². The summed E-state index contributed by atoms with van der Waals surface area (Å²) < 4.78 is 3.83. The van der Waals surface area contributed by atoms with Crippen molar-refractivity contribution in [1.82, 2.24) is 24.8 Å². The van der Waals surface area contributed by atoms with E-state index in [1.54, 1.807) is 28.7 Å². The van der Waals surface area contributed by atoms with Crippen molar-refractivity contribution in [2.24, 2.45) is 0 Å². The second-order valence-corrected chi connectivity index (χ2v) is 8.73. The fraction of sp³-hybridized carbons (Fsp3) is 0.348. The number of amides is 2. The van der Waals surface area contributed by atoms with Gasteiger partial charge in [-0.05, 0) is 50.4 Å². The molecule has 162 valence electrons. The van der Waals surface area contributed by atoms with Crippen molar-refractivity contribution in [2.75, 3.05) is 0 Å². The number of hydrogen-bond donors (Lipinski definition) is 1. The predicted octanol–water partition coefficient (Wildman–Crippen LogP) is 3.93. The summed E-state index contributed by atoms with van der Waals surface area (Å²) in [4.78, 5) is 32.7. The molecule has 3 rings (SSSR count). The van der Waals surface area contributed by atoms with Gasteiger partial charge >= 0.3 is 0 Å². The molecule has 2 heterocycles. The molecule has 0 aliphatic rings. The van der Waals surface area contributed by atoms with Crippen molar-refractivity contribution in [3.05, 3.63) is 76.6 Å². The summed E-state index contributed by atoms with van der Waals surface area (Å²) in [7, 11) is 0. The van der Waals surface area contributed by atoms with Crippen molar-refractivity contribution < 1.29 is 9.59 Å². The number of pyridine rings is 1. The maximum absolute atomic E-state index is 13.5. The lowest BCUT2D eigenvalue weighted by atomic mass is 9.99. The lowest BCUT2D eigenvalue weighted by Crippen LogP contribution is -2.50. The number of aromatic nitrogens is 3. The highest BCUT2D eigenvalue weighted by Gasteiger charge is 2.35. The molecule has 0 radical (unpaired) electrons. The van der Waals surface area contributed by atoms with Crippen LogP contribution < -0.4 is 5.32 Å². The third kappa shape index (κ3) is 5.73. The first-order valence-electron chi connectivity index (χ1n) is 10.2. The number of benzene rings is 1. The lowest BCUT2D eigenvalue weighted by Gasteiger charge is -2.34. The molecule has 0 bridgehead atoms. The Morgan fingerprint density at radius 2 is 1.94 bits per heavy atom. The molecule has 2 amide bonds. The summed E-state index contributed by atoms with van der Waals surface area (Å²) >= 11 is 1.10. The minimum absolute atomic E-state index is 0.216. The van der Waals surface area contributed by atoms with Crippen LogP contribution in [0.4, 0.5) is 0 Å². The number of hydrogen-bond acceptors (Lipinski definition) is 6. The van der Waals surface area contributed by atoms with E-state index in [0.29, 0.717) is 5.56 Å². The summed E-state index contributed by atoms with van der Waals surface area (Å²) in [6.45, 7) is 8.18. The first-order chi connectivity index (χ1) is 14.8. The van der Waals surface area contributed by atoms with E-state index in [0.717, 1.165) is 29.1 Å². The van der Waals surface area contributed by atoms with Gasteiger partial charge < -0.3 is 10.2 Å². The summed E-state index contributed by atoms with van der Waals surface area (Å²) in [5, 5.41) is 8.63. The van der Waals surface area contributed by atoms with Crippen LogP contribution in [-0.2, 0) is 11.3 Å². The second-order valence-electron chi connectivity index (χ2n) is 8.12. The second kappa shape index (κ2) is 9.78. The SMILES string of the molecule is CCC(C)(C)NC(=O)C(c1cccnc1)N(Cc1ccc(C)cc1)C(=O)c1csnn1. The van der Waals surface area contributed by atoms with Gasteiger partial charge in [-0.15, -0.1) is 5.10 Å². The third-order valence-electron chi connectivity index (χ3n) is 5.22. The predicted molar refractivity (Wildman–Crippen MR) is 120 cm³/mol. The van der Waals surface area contributed by atoms with Crippen LogP contribution in [0.25, 0.3) is 0 Å². The molecule has 31 heavy (non-hydrogen) atoms. The van der Waals surface area contributed by atoms with E-state index in [1.165, 1.54) is 0 Å². The minimum atomic E-state index is -0.866. The van der Waals surface area contributed by atoms with Crippen molar-refractivity contribution in [1.29, 1.82) is 0 Å². The van der Waals surface area contributed by atoms with Gasteiger partial charge in [0.15, 0.2) is 5.69 Å². The van der Waals surface area contributed by atoms with Crippen molar-refractivity contribution in [2.45, 2.75) is 52.2 Å². The summed E-state index contributed by atoms with van der Waals surface area (Å²) in [5.74, 6) is -0.615. The molecule has 0 saturated carbocycles. The standard InChI is InChI=1S/C23H27N5O2S/c1-5-23(3,4)25-21(29)20(18-7-6-12-24-13-18)28(22(30)19-15-31-27-26-19)14-17-10-8-16(2)9-11-17/h6-13,15,20H,5,14H2,1-4H3,(H,25,29). The smallest absolute Gasteiger partial charge is 0.276 e. The highest BCUT2D eigenvalue weighted by atomic mass is 32.1. The third-order valence-corrected chi connectivity index (χ3v) is 5.72. The minimum Gasteiger partial charge on any atom is -0.349 e. The fourth-order valence-electron chi connectivity index (χ4n) is 3.08. The molecule has 1 N–H and O–H groups in total. The fourth-order valence-corrected chi connectivity index (χ4v) is 3.51. The number of nitrogens with zero attached hydrogens (tertiary/aromatic N) is 4. The Kier molecular flexibility index (Phi) is 7.12. The molecule has 2 aromatic heterocycles. The van der Waals surface area contributed by atoms with E-state index in [4.69, 9.17) is 0 Å². The van der Waals surface area contributed by atoms with Gasteiger partial charge in [0.05, 0.1) is 0 Å². The molecule has 1 unspecified atom stereocenters. The Morgan fingerprint density at radius 1 is 1.19 bits per heavy atom. The van der Waals surface area contributed by atoms with Crippen molar-refractivity contribution in [3.8, 4) is 0 Å². The van der Waals surface area contributed by atoms with Crippen LogP contribution in [0, 0.1) is 6.92 Å². The molecule has 0 fully saturated rings. The Balaban J connectivity index is 2.05. The number of nitrogens with one attached hydrogen (secondary N) is 1. The average molecular weight is 438 g/mol. The van der Waals surface area contributed by atoms with Crippen LogP contribution in [-0.4, -0.2) is 36.8 Å². The molecule has 7 nitrogen and oxygen atoms in total. The Morgan fingerprint density at radius 3 is 2.52 bits per heavy atom. The normalized spacial score (nSPS) is 12.3. The molecule has 0 spiro atoms. The quantitative estimate of drug-likeness (QED) is 0.577. The number of carbonyl (C=O) groups excluding carboxylic acids is 2. The molecular formula is C23H27N5O2S. The molecule has 3 aromatic rings. The van der Waals surface area contributed by atoms with E-state index in [9.17, 15) is 9.59 Å². The largest absolute Gasteiger partial charge is 0.349 e. The van der Waals surface area contributed by atoms with Crippen LogP contribution in [0.2, 0.25) is 0 Å². The van der Waals surface area contributed by atoms with Gasteiger partial charge in [-0.2, -0.15) is 0 Å². The molecular weight excluding hydrogens is 410 g/mol. The Bertz CT molecular complexity index is 1000. The van der Waals surface area contributed by atoms with E-state index in [-0.39, 0.29) is 24.1 Å². The molecule has 1 atom stereocenters. The highest BCUT2D eigenvalue weighted by molar-refractivity contribution is 7.03. The van der Waals surface area contributed by atoms with E-state index in [2.05, 4.69) is 19.9 Å². The summed E-state index contributed by atoms with van der Waals surface area (Å²) in [6.07, 6.45) is 4.02. The van der Waals surface area contributed by atoms with Crippen LogP contribution >= 0.6 is 11.5 Å². The van der Waals surface area contributed by atoms with Gasteiger partial charge in [-0.1, -0.05) is 47.3 Å². The summed E-state index contributed by atoms with van der Waals surface area (Å²) in [6, 6.07) is 10.6. The van der Waals surface area contributed by atoms with Crippen molar-refractivity contribution >= 4 is 23.3 Å². The number of carbonyl (C=O) groups is 2. The van der Waals surface area contributed by atoms with Crippen LogP contribution in [0.15, 0.2) is 54.2 Å². The van der Waals surface area contributed by atoms with Crippen molar-refractivity contribution in [3.63, 3.8) is 0 Å². The van der Waals surface area contributed by atoms with E-state index in [1.807, 2.05) is 58.0 Å². The Hall–Kier alpha value is -3.13. The maximum atomic E-state index is 13.5. The van der Waals surface area contributed by atoms with Crippen LogP contribution in [0.3, 0.4) is 0 Å². The van der Waals surface area contributed by atoms with Gasteiger partial charge in [0, 0.05) is 35.4 Å². The molecule has 0 aliphatic heterocycles. The molecule has 8 heteroatoms. The first-order valence-corrected chi connectivity index (χ1v) is 11.0. The first kappa shape index (κ1) is 22.6. The zero-order valence-corrected chi connectivity index (χ0v) is 19.0. The van der Waals surface area contributed by atoms with Gasteiger partial charge in [-0.3, -0.25) is 14.6 Å². The Labute approximate surface area is 186 Å². The van der Waals surface area contributed by atoms with Crippen LogP contribution in [0.5, 0.6) is 0 Å². The molecule has 0 aliphatic carbocycles. The van der Waals surface area contributed by atoms with Gasteiger partial charge in [0.1, 0.15) is 6.04 Å². The van der Waals surface area contributed by atoms with Crippen LogP contribution in [0.1, 0.15) is 60.4 Å². The van der Waals surface area contributed by atoms with E-state index < -0.39 is 11.6 Å². The van der Waals surface area contributed by atoms with Gasteiger partial charge in [0.25, 0.3) is 5.91 Å². The van der Waals surface area contributed by atoms with Gasteiger partial charge in [0.2, 0.25) is 5.91 Å². The zero-order chi connectivity index (χ0) is 22.4. The lowest BCUT2D eigenvalue weighted by molar-refractivity contribution is -0.127. The number of aryl methyl sites for hydroxylation is 1. The molecule has 0 saturated heterocycles. The monoisotopic (exact) mass is 437 g/mol.